The molecule has 1 saturated heterocycles. The normalized spacial score (nSPS) is 17.7. The lowest BCUT2D eigenvalue weighted by Gasteiger charge is -2.26. The highest BCUT2D eigenvalue weighted by molar-refractivity contribution is 7.91. The van der Waals surface area contributed by atoms with Gasteiger partial charge in [0.1, 0.15) is 5.01 Å². The van der Waals surface area contributed by atoms with Crippen molar-refractivity contribution in [3.05, 3.63) is 16.1 Å². The third kappa shape index (κ3) is 3.67. The molecule has 0 spiro atoms. The third-order valence-electron chi connectivity index (χ3n) is 2.79. The Morgan fingerprint density at radius 2 is 2.05 bits per heavy atom. The van der Waals surface area contributed by atoms with Gasteiger partial charge in [0.05, 0.1) is 18.1 Å². The Labute approximate surface area is 119 Å². The fourth-order valence-corrected chi connectivity index (χ4v) is 3.58. The third-order valence-corrected chi connectivity index (χ3v) is 5.25. The fourth-order valence-electron chi connectivity index (χ4n) is 1.67. The van der Waals surface area contributed by atoms with E-state index in [-0.39, 0.29) is 42.9 Å². The Morgan fingerprint density at radius 1 is 1.40 bits per heavy atom. The van der Waals surface area contributed by atoms with Crippen molar-refractivity contribution >= 4 is 33.2 Å². The van der Waals surface area contributed by atoms with Crippen LogP contribution in [0.2, 0.25) is 0 Å². The summed E-state index contributed by atoms with van der Waals surface area (Å²) in [6.07, 6.45) is 0. The van der Waals surface area contributed by atoms with Crippen molar-refractivity contribution in [3.63, 3.8) is 0 Å². The summed E-state index contributed by atoms with van der Waals surface area (Å²) in [5.74, 6) is -1.16. The van der Waals surface area contributed by atoms with E-state index in [4.69, 9.17) is 5.11 Å². The van der Waals surface area contributed by atoms with Crippen molar-refractivity contribution in [1.82, 2.24) is 15.2 Å². The fraction of sp³-hybridized carbons (Fsp3) is 0.500. The second kappa shape index (κ2) is 5.75. The maximum atomic E-state index is 11.8. The van der Waals surface area contributed by atoms with E-state index in [2.05, 4.69) is 10.3 Å². The summed E-state index contributed by atoms with van der Waals surface area (Å²) in [7, 11) is -3.02. The molecule has 0 radical (unpaired) electrons. The van der Waals surface area contributed by atoms with Gasteiger partial charge in [-0.05, 0) is 0 Å². The molecule has 20 heavy (non-hydrogen) atoms. The maximum absolute atomic E-state index is 11.8. The highest BCUT2D eigenvalue weighted by Crippen LogP contribution is 2.10. The molecule has 2 rings (SSSR count). The van der Waals surface area contributed by atoms with E-state index in [9.17, 15) is 18.0 Å². The molecule has 0 saturated carbocycles. The van der Waals surface area contributed by atoms with Crippen LogP contribution in [0.25, 0.3) is 0 Å². The van der Waals surface area contributed by atoms with Gasteiger partial charge in [-0.15, -0.1) is 11.3 Å². The van der Waals surface area contributed by atoms with Gasteiger partial charge in [0.15, 0.2) is 15.5 Å². The molecule has 1 aliphatic heterocycles. The van der Waals surface area contributed by atoms with Gasteiger partial charge in [0.2, 0.25) is 0 Å². The molecule has 2 amide bonds. The van der Waals surface area contributed by atoms with Crippen molar-refractivity contribution in [3.8, 4) is 0 Å². The van der Waals surface area contributed by atoms with E-state index in [0.29, 0.717) is 5.01 Å². The zero-order valence-electron chi connectivity index (χ0n) is 10.4. The summed E-state index contributed by atoms with van der Waals surface area (Å²) >= 11 is 1.15. The molecular weight excluding hydrogens is 306 g/mol. The van der Waals surface area contributed by atoms with Gasteiger partial charge in [-0.1, -0.05) is 0 Å². The first-order valence-corrected chi connectivity index (χ1v) is 8.48. The van der Waals surface area contributed by atoms with E-state index >= 15 is 0 Å². The number of aromatic nitrogens is 1. The minimum Gasteiger partial charge on any atom is -0.476 e. The van der Waals surface area contributed by atoms with Crippen molar-refractivity contribution in [2.75, 3.05) is 24.6 Å². The molecule has 1 aromatic rings. The van der Waals surface area contributed by atoms with E-state index in [1.807, 2.05) is 0 Å². The number of rotatable bonds is 3. The average Bonchev–Trinajstić information content (AvgIpc) is 2.85. The number of carbonyl (C=O) groups is 2. The Hall–Kier alpha value is -1.68. The number of sulfone groups is 1. The topological polar surface area (TPSA) is 117 Å². The molecule has 8 nitrogen and oxygen atoms in total. The molecule has 0 aromatic carbocycles. The molecule has 1 aromatic heterocycles. The standard InChI is InChI=1S/C10H13N3O5S2/c14-9(15)7-6-19-8(12-7)5-11-10(16)13-1-3-20(17,18)4-2-13/h6H,1-5H2,(H,11,16)(H,14,15). The summed E-state index contributed by atoms with van der Waals surface area (Å²) in [6, 6.07) is -0.369. The number of nitrogens with one attached hydrogen (secondary N) is 1. The molecule has 110 valence electrons. The van der Waals surface area contributed by atoms with E-state index in [1.165, 1.54) is 10.3 Å². The molecule has 0 aliphatic carbocycles. The van der Waals surface area contributed by atoms with Crippen LogP contribution in [0.4, 0.5) is 4.79 Å². The molecule has 2 heterocycles. The molecule has 1 aliphatic rings. The van der Waals surface area contributed by atoms with Crippen LogP contribution in [0, 0.1) is 0 Å². The predicted octanol–water partition coefficient (Wildman–Crippen LogP) is -0.219. The van der Waals surface area contributed by atoms with Crippen molar-refractivity contribution in [2.45, 2.75) is 6.54 Å². The van der Waals surface area contributed by atoms with Gasteiger partial charge in [-0.25, -0.2) is 23.0 Å². The summed E-state index contributed by atoms with van der Waals surface area (Å²) in [6.45, 7) is 0.471. The van der Waals surface area contributed by atoms with E-state index in [0.717, 1.165) is 11.3 Å². The van der Waals surface area contributed by atoms with Gasteiger partial charge in [-0.3, -0.25) is 0 Å². The smallest absolute Gasteiger partial charge is 0.355 e. The SMILES string of the molecule is O=C(O)c1csc(CNC(=O)N2CCS(=O)(=O)CC2)n1. The van der Waals surface area contributed by atoms with Crippen LogP contribution in [0.3, 0.4) is 0 Å². The summed E-state index contributed by atoms with van der Waals surface area (Å²) in [4.78, 5) is 27.7. The Kier molecular flexibility index (Phi) is 4.23. The number of urea groups is 1. The molecule has 0 atom stereocenters. The first-order valence-electron chi connectivity index (χ1n) is 5.78. The van der Waals surface area contributed by atoms with Crippen LogP contribution in [-0.4, -0.2) is 60.0 Å². The number of carbonyl (C=O) groups excluding carboxylic acids is 1. The summed E-state index contributed by atoms with van der Waals surface area (Å²) < 4.78 is 22.5. The number of hydrogen-bond donors (Lipinski definition) is 2. The second-order valence-corrected chi connectivity index (χ2v) is 7.48. The van der Waals surface area contributed by atoms with Crippen LogP contribution >= 0.6 is 11.3 Å². The molecule has 2 N–H and O–H groups in total. The number of aromatic carboxylic acids is 1. The van der Waals surface area contributed by atoms with Crippen molar-refractivity contribution in [2.24, 2.45) is 0 Å². The zero-order chi connectivity index (χ0) is 14.8. The number of carboxylic acids is 1. The molecular formula is C10H13N3O5S2. The lowest BCUT2D eigenvalue weighted by atomic mass is 10.5. The molecule has 10 heteroatoms. The largest absolute Gasteiger partial charge is 0.476 e. The van der Waals surface area contributed by atoms with Crippen molar-refractivity contribution in [1.29, 1.82) is 0 Å². The lowest BCUT2D eigenvalue weighted by Crippen LogP contribution is -2.47. The van der Waals surface area contributed by atoms with Gasteiger partial charge in [0.25, 0.3) is 0 Å². The second-order valence-electron chi connectivity index (χ2n) is 4.23. The Bertz CT molecular complexity index is 611. The number of hydrogen-bond acceptors (Lipinski definition) is 6. The number of thiazole rings is 1. The predicted molar refractivity (Wildman–Crippen MR) is 71.5 cm³/mol. The molecule has 0 bridgehead atoms. The van der Waals surface area contributed by atoms with Gasteiger partial charge < -0.3 is 15.3 Å². The molecule has 1 fully saturated rings. The monoisotopic (exact) mass is 319 g/mol. The van der Waals surface area contributed by atoms with Crippen LogP contribution in [0.15, 0.2) is 5.38 Å². The first kappa shape index (κ1) is 14.7. The molecule has 0 unspecified atom stereocenters. The summed E-state index contributed by atoms with van der Waals surface area (Å²) in [5, 5.41) is 13.2. The van der Waals surface area contributed by atoms with Gasteiger partial charge in [-0.2, -0.15) is 0 Å². The number of carboxylic acid groups (broad SMARTS) is 1. The van der Waals surface area contributed by atoms with Crippen LogP contribution in [0.1, 0.15) is 15.5 Å². The van der Waals surface area contributed by atoms with Crippen LogP contribution < -0.4 is 5.32 Å². The van der Waals surface area contributed by atoms with Crippen LogP contribution in [0.5, 0.6) is 0 Å². The number of nitrogens with zero attached hydrogens (tertiary/aromatic N) is 2. The van der Waals surface area contributed by atoms with Crippen LogP contribution in [-0.2, 0) is 16.4 Å². The first-order chi connectivity index (χ1) is 9.37. The van der Waals surface area contributed by atoms with Crippen molar-refractivity contribution < 1.29 is 23.1 Å². The summed E-state index contributed by atoms with van der Waals surface area (Å²) in [5.41, 5.74) is -0.0525. The van der Waals surface area contributed by atoms with E-state index in [1.54, 1.807) is 0 Å². The Balaban J connectivity index is 1.84. The minimum atomic E-state index is -3.02. The maximum Gasteiger partial charge on any atom is 0.355 e. The minimum absolute atomic E-state index is 0.0270. The quantitative estimate of drug-likeness (QED) is 0.795. The van der Waals surface area contributed by atoms with Gasteiger partial charge >= 0.3 is 12.0 Å². The van der Waals surface area contributed by atoms with Gasteiger partial charge in [0, 0.05) is 18.5 Å². The lowest BCUT2D eigenvalue weighted by molar-refractivity contribution is 0.0691. The number of amides is 2. The highest BCUT2D eigenvalue weighted by atomic mass is 32.2. The average molecular weight is 319 g/mol. The van der Waals surface area contributed by atoms with E-state index < -0.39 is 15.8 Å². The Morgan fingerprint density at radius 3 is 2.60 bits per heavy atom. The zero-order valence-corrected chi connectivity index (χ0v) is 12.0. The highest BCUT2D eigenvalue weighted by Gasteiger charge is 2.24.